The Morgan fingerprint density at radius 2 is 1.91 bits per heavy atom. The number of hydrogen-bond acceptors (Lipinski definition) is 5. The third-order valence-corrected chi connectivity index (χ3v) is 7.37. The monoisotopic (exact) mass is 532 g/mol. The zero-order valence-corrected chi connectivity index (χ0v) is 21.6. The highest BCUT2D eigenvalue weighted by Gasteiger charge is 2.33. The summed E-state index contributed by atoms with van der Waals surface area (Å²) < 4.78 is 11.2. The Bertz CT molecular complexity index is 1170. The largest absolute Gasteiger partial charge is 0.491 e. The number of fused-ring (bicyclic) bond motifs is 1. The highest BCUT2D eigenvalue weighted by Crippen LogP contribution is 2.34. The molecule has 0 N–H and O–H groups in total. The molecule has 0 radical (unpaired) electrons. The molecule has 0 bridgehead atoms. The van der Waals surface area contributed by atoms with Gasteiger partial charge >= 0.3 is 0 Å². The minimum atomic E-state index is -0.264. The second-order valence-electron chi connectivity index (χ2n) is 8.15. The summed E-state index contributed by atoms with van der Waals surface area (Å²) in [5.74, 6) is 0.278. The van der Waals surface area contributed by atoms with Gasteiger partial charge in [0.05, 0.1) is 12.6 Å². The number of thiophene rings is 1. The van der Waals surface area contributed by atoms with Crippen LogP contribution in [0.4, 0.5) is 0 Å². The Balaban J connectivity index is 1.52. The van der Waals surface area contributed by atoms with Crippen LogP contribution in [0.1, 0.15) is 26.8 Å². The van der Waals surface area contributed by atoms with Gasteiger partial charge in [0.25, 0.3) is 5.91 Å². The summed E-state index contributed by atoms with van der Waals surface area (Å²) in [5.41, 5.74) is 1.52. The second-order valence-corrected chi connectivity index (χ2v) is 10.0. The maximum absolute atomic E-state index is 13.6. The lowest BCUT2D eigenvalue weighted by Crippen LogP contribution is -2.48. The van der Waals surface area contributed by atoms with Crippen LogP contribution in [-0.2, 0) is 16.0 Å². The normalized spacial score (nSPS) is 14.9. The van der Waals surface area contributed by atoms with Gasteiger partial charge < -0.3 is 19.3 Å². The van der Waals surface area contributed by atoms with E-state index in [-0.39, 0.29) is 30.9 Å². The van der Waals surface area contributed by atoms with Crippen molar-refractivity contribution in [2.75, 3.05) is 40.0 Å². The first-order chi connectivity index (χ1) is 17.0. The van der Waals surface area contributed by atoms with Gasteiger partial charge in [-0.3, -0.25) is 9.59 Å². The van der Waals surface area contributed by atoms with Crippen molar-refractivity contribution >= 4 is 46.4 Å². The van der Waals surface area contributed by atoms with Crippen molar-refractivity contribution in [1.29, 1.82) is 0 Å². The fraction of sp³-hybridized carbons (Fsp3) is 0.308. The van der Waals surface area contributed by atoms with E-state index in [4.69, 9.17) is 32.7 Å². The van der Waals surface area contributed by atoms with Crippen molar-refractivity contribution in [3.05, 3.63) is 86.0 Å². The molecular formula is C26H26Cl2N2O4S. The predicted molar refractivity (Wildman–Crippen MR) is 139 cm³/mol. The van der Waals surface area contributed by atoms with Crippen LogP contribution in [0.25, 0.3) is 0 Å². The zero-order chi connectivity index (χ0) is 24.8. The number of amides is 2. The summed E-state index contributed by atoms with van der Waals surface area (Å²) in [6.45, 7) is 1.40. The summed E-state index contributed by atoms with van der Waals surface area (Å²) in [6, 6.07) is 15.7. The van der Waals surface area contributed by atoms with Crippen LogP contribution in [0.15, 0.2) is 60.0 Å². The summed E-state index contributed by atoms with van der Waals surface area (Å²) in [5, 5.41) is 3.14. The smallest absolute Gasteiger partial charge is 0.254 e. The Morgan fingerprint density at radius 1 is 1.11 bits per heavy atom. The fourth-order valence-electron chi connectivity index (χ4n) is 4.09. The predicted octanol–water partition coefficient (Wildman–Crippen LogP) is 5.35. The summed E-state index contributed by atoms with van der Waals surface area (Å²) in [7, 11) is 1.57. The molecule has 2 heterocycles. The molecule has 1 aliphatic heterocycles. The van der Waals surface area contributed by atoms with Crippen molar-refractivity contribution in [2.45, 2.75) is 12.5 Å². The number of halogens is 2. The van der Waals surface area contributed by atoms with E-state index in [0.29, 0.717) is 41.1 Å². The topological polar surface area (TPSA) is 59.1 Å². The molecule has 9 heteroatoms. The SMILES string of the molecule is COCCN(CC(=O)N1CCc2sccc2[C@H]1COc1ccc(Cl)cc1)C(=O)c1cccc(Cl)c1. The van der Waals surface area contributed by atoms with Crippen molar-refractivity contribution < 1.29 is 19.1 Å². The first kappa shape index (κ1) is 25.5. The molecular weight excluding hydrogens is 507 g/mol. The van der Waals surface area contributed by atoms with E-state index >= 15 is 0 Å². The molecule has 0 unspecified atom stereocenters. The van der Waals surface area contributed by atoms with E-state index in [0.717, 1.165) is 12.0 Å². The molecule has 1 aromatic heterocycles. The third kappa shape index (κ3) is 6.35. The van der Waals surface area contributed by atoms with Gasteiger partial charge in [-0.2, -0.15) is 0 Å². The molecule has 0 spiro atoms. The van der Waals surface area contributed by atoms with E-state index in [9.17, 15) is 9.59 Å². The minimum Gasteiger partial charge on any atom is -0.491 e. The van der Waals surface area contributed by atoms with Crippen LogP contribution in [0.3, 0.4) is 0 Å². The summed E-state index contributed by atoms with van der Waals surface area (Å²) in [4.78, 5) is 31.4. The van der Waals surface area contributed by atoms with Crippen molar-refractivity contribution in [1.82, 2.24) is 9.80 Å². The molecule has 4 rings (SSSR count). The molecule has 3 aromatic rings. The lowest BCUT2D eigenvalue weighted by atomic mass is 10.0. The molecule has 6 nitrogen and oxygen atoms in total. The number of ether oxygens (including phenoxy) is 2. The second kappa shape index (κ2) is 11.9. The Morgan fingerprint density at radius 3 is 2.66 bits per heavy atom. The van der Waals surface area contributed by atoms with E-state index in [2.05, 4.69) is 6.07 Å². The van der Waals surface area contributed by atoms with Crippen LogP contribution in [-0.4, -0.2) is 61.6 Å². The molecule has 2 aromatic carbocycles. The first-order valence-corrected chi connectivity index (χ1v) is 12.9. The van der Waals surface area contributed by atoms with Gasteiger partial charge in [-0.1, -0.05) is 29.3 Å². The number of carbonyl (C=O) groups is 2. The highest BCUT2D eigenvalue weighted by molar-refractivity contribution is 7.10. The van der Waals surface area contributed by atoms with Gasteiger partial charge in [0.2, 0.25) is 5.91 Å². The quantitative estimate of drug-likeness (QED) is 0.372. The average Bonchev–Trinajstić information content (AvgIpc) is 3.34. The molecule has 1 atom stereocenters. The Labute approximate surface area is 219 Å². The number of carbonyl (C=O) groups excluding carboxylic acids is 2. The van der Waals surface area contributed by atoms with Gasteiger partial charge in [-0.25, -0.2) is 0 Å². The van der Waals surface area contributed by atoms with Crippen LogP contribution < -0.4 is 4.74 Å². The molecule has 2 amide bonds. The standard InChI is InChI=1S/C26H26Cl2N2O4S/c1-33-13-12-29(26(32)18-3-2-4-20(28)15-18)16-25(31)30-11-9-24-22(10-14-35-24)23(30)17-34-21-7-5-19(27)6-8-21/h2-8,10,14-15,23H,9,11-13,16-17H2,1H3/t23-/m1/s1. The number of benzene rings is 2. The maximum Gasteiger partial charge on any atom is 0.254 e. The number of methoxy groups -OCH3 is 1. The fourth-order valence-corrected chi connectivity index (χ4v) is 5.34. The first-order valence-electron chi connectivity index (χ1n) is 11.2. The Hall–Kier alpha value is -2.58. The molecule has 0 aliphatic carbocycles. The molecule has 35 heavy (non-hydrogen) atoms. The van der Waals surface area contributed by atoms with Crippen LogP contribution in [0.2, 0.25) is 10.0 Å². The van der Waals surface area contributed by atoms with E-state index in [1.165, 1.54) is 9.78 Å². The van der Waals surface area contributed by atoms with E-state index in [1.807, 2.05) is 22.4 Å². The molecule has 0 saturated heterocycles. The summed E-state index contributed by atoms with van der Waals surface area (Å²) in [6.07, 6.45) is 0.774. The molecule has 1 aliphatic rings. The number of hydrogen-bond donors (Lipinski definition) is 0. The van der Waals surface area contributed by atoms with E-state index in [1.54, 1.807) is 54.8 Å². The van der Waals surface area contributed by atoms with Gasteiger partial charge in [0, 0.05) is 40.7 Å². The Kier molecular flexibility index (Phi) is 8.68. The lowest BCUT2D eigenvalue weighted by Gasteiger charge is -2.37. The van der Waals surface area contributed by atoms with Crippen molar-refractivity contribution in [2.24, 2.45) is 0 Å². The van der Waals surface area contributed by atoms with Gasteiger partial charge in [0.1, 0.15) is 18.9 Å². The maximum atomic E-state index is 13.6. The summed E-state index contributed by atoms with van der Waals surface area (Å²) >= 11 is 13.8. The minimum absolute atomic E-state index is 0.0639. The molecule has 0 saturated carbocycles. The van der Waals surface area contributed by atoms with E-state index < -0.39 is 0 Å². The zero-order valence-electron chi connectivity index (χ0n) is 19.3. The van der Waals surface area contributed by atoms with Crippen LogP contribution in [0, 0.1) is 0 Å². The van der Waals surface area contributed by atoms with Gasteiger partial charge in [-0.15, -0.1) is 11.3 Å². The van der Waals surface area contributed by atoms with Crippen LogP contribution in [0.5, 0.6) is 5.75 Å². The van der Waals surface area contributed by atoms with Crippen LogP contribution >= 0.6 is 34.5 Å². The lowest BCUT2D eigenvalue weighted by molar-refractivity contribution is -0.135. The van der Waals surface area contributed by atoms with Gasteiger partial charge in [-0.05, 0) is 65.9 Å². The number of rotatable bonds is 9. The van der Waals surface area contributed by atoms with Gasteiger partial charge in [0.15, 0.2) is 0 Å². The molecule has 0 fully saturated rings. The highest BCUT2D eigenvalue weighted by atomic mass is 35.5. The average molecular weight is 533 g/mol. The van der Waals surface area contributed by atoms with Crippen molar-refractivity contribution in [3.63, 3.8) is 0 Å². The molecule has 184 valence electrons. The third-order valence-electron chi connectivity index (χ3n) is 5.89. The number of nitrogens with zero attached hydrogens (tertiary/aromatic N) is 2. The van der Waals surface area contributed by atoms with Crippen molar-refractivity contribution in [3.8, 4) is 5.75 Å².